The van der Waals surface area contributed by atoms with Gasteiger partial charge in [-0.25, -0.2) is 0 Å². The average Bonchev–Trinajstić information content (AvgIpc) is 3.21. The minimum Gasteiger partial charge on any atom is -0.491 e. The number of ether oxygens (including phenoxy) is 6. The van der Waals surface area contributed by atoms with Gasteiger partial charge in [0.1, 0.15) is 37.9 Å². The Morgan fingerprint density at radius 1 is 0.404 bits per heavy atom. The second-order valence-corrected chi connectivity index (χ2v) is 15.9. The lowest BCUT2D eigenvalue weighted by Gasteiger charge is -2.26. The fourth-order valence-electron chi connectivity index (χ4n) is 6.83. The number of benzene rings is 2. The zero-order chi connectivity index (χ0) is 41.1. The van der Waals surface area contributed by atoms with Gasteiger partial charge in [-0.05, 0) is 48.2 Å². The highest BCUT2D eigenvalue weighted by Crippen LogP contribution is 2.33. The van der Waals surface area contributed by atoms with Gasteiger partial charge in [-0.2, -0.15) is 0 Å². The van der Waals surface area contributed by atoms with Gasteiger partial charge in [-0.1, -0.05) is 168 Å². The number of hydrogen-bond donors (Lipinski definition) is 0. The van der Waals surface area contributed by atoms with E-state index in [-0.39, 0.29) is 30.6 Å². The molecule has 0 saturated carbocycles. The smallest absolute Gasteiger partial charge is 0.305 e. The summed E-state index contributed by atoms with van der Waals surface area (Å²) in [6.45, 7) is 11.9. The third kappa shape index (κ3) is 25.8. The molecule has 0 bridgehead atoms. The fourth-order valence-corrected chi connectivity index (χ4v) is 6.83. The van der Waals surface area contributed by atoms with Gasteiger partial charge >= 0.3 is 11.9 Å². The van der Waals surface area contributed by atoms with Crippen LogP contribution in [0.4, 0.5) is 0 Å². The minimum atomic E-state index is -0.209. The van der Waals surface area contributed by atoms with Gasteiger partial charge in [-0.15, -0.1) is 0 Å². The molecular formula is C49H80O8. The number of unbranched alkanes of at least 4 members (excludes halogenated alkanes) is 18. The highest BCUT2D eigenvalue weighted by Gasteiger charge is 2.23. The number of esters is 2. The van der Waals surface area contributed by atoms with Gasteiger partial charge in [0.25, 0.3) is 0 Å². The molecule has 0 aliphatic carbocycles. The first-order chi connectivity index (χ1) is 27.9. The standard InChI is InChI=1S/C49H80O8/c1-5-7-9-11-13-15-17-19-21-23-25-47(50)56-41-37-52-35-39-54-45-31-27-43(28-32-45)49(3,4)44-29-33-46(34-30-44)55-40-36-53-38-42-57-48(51)26-24-22-20-18-16-14-12-10-8-6-2/h27-34H,5-26,35-42H2,1-4H3. The molecule has 0 aliphatic rings. The maximum absolute atomic E-state index is 12.0. The van der Waals surface area contributed by atoms with Crippen LogP contribution in [0, 0.1) is 0 Å². The first-order valence-corrected chi connectivity index (χ1v) is 22.8. The topological polar surface area (TPSA) is 89.5 Å². The maximum atomic E-state index is 12.0. The quantitative estimate of drug-likeness (QED) is 0.0490. The molecule has 324 valence electrons. The Labute approximate surface area is 347 Å². The molecule has 2 aromatic rings. The third-order valence-electron chi connectivity index (χ3n) is 10.6. The first kappa shape index (κ1) is 50.0. The summed E-state index contributed by atoms with van der Waals surface area (Å²) in [5, 5.41) is 0. The van der Waals surface area contributed by atoms with Crippen molar-refractivity contribution in [3.8, 4) is 11.5 Å². The van der Waals surface area contributed by atoms with Crippen molar-refractivity contribution in [1.82, 2.24) is 0 Å². The number of carbonyl (C=O) groups excluding carboxylic acids is 2. The summed E-state index contributed by atoms with van der Waals surface area (Å²) in [7, 11) is 0. The second-order valence-electron chi connectivity index (χ2n) is 15.9. The highest BCUT2D eigenvalue weighted by atomic mass is 16.6. The van der Waals surface area contributed by atoms with Crippen molar-refractivity contribution in [2.75, 3.05) is 52.9 Å². The molecule has 0 radical (unpaired) electrons. The number of rotatable bonds is 38. The van der Waals surface area contributed by atoms with E-state index in [0.717, 1.165) is 37.2 Å². The molecule has 0 heterocycles. The van der Waals surface area contributed by atoms with Crippen molar-refractivity contribution in [3.63, 3.8) is 0 Å². The molecule has 2 aromatic carbocycles. The van der Waals surface area contributed by atoms with Crippen LogP contribution in [0.1, 0.15) is 180 Å². The summed E-state index contributed by atoms with van der Waals surface area (Å²) in [4.78, 5) is 24.0. The largest absolute Gasteiger partial charge is 0.491 e. The van der Waals surface area contributed by atoms with Crippen LogP contribution < -0.4 is 9.47 Å². The number of hydrogen-bond acceptors (Lipinski definition) is 8. The summed E-state index contributed by atoms with van der Waals surface area (Å²) in [6.07, 6.45) is 26.0. The minimum absolute atomic E-state index is 0.134. The summed E-state index contributed by atoms with van der Waals surface area (Å²) >= 11 is 0. The van der Waals surface area contributed by atoms with Crippen LogP contribution in [0.3, 0.4) is 0 Å². The molecule has 2 rings (SSSR count). The SMILES string of the molecule is CCCCCCCCCCCCC(=O)OCCOCCOc1ccc(C(C)(C)c2ccc(OCCOCCOC(=O)CCCCCCCCCCCC)cc2)cc1. The fraction of sp³-hybridized carbons (Fsp3) is 0.714. The van der Waals surface area contributed by atoms with Gasteiger partial charge in [0.2, 0.25) is 0 Å². The number of carbonyl (C=O) groups is 2. The molecule has 0 aliphatic heterocycles. The van der Waals surface area contributed by atoms with Gasteiger partial charge in [0, 0.05) is 18.3 Å². The Kier molecular flexibility index (Phi) is 29.7. The predicted octanol–water partition coefficient (Wildman–Crippen LogP) is 12.5. The molecule has 0 atom stereocenters. The molecule has 0 fully saturated rings. The van der Waals surface area contributed by atoms with Crippen LogP contribution in [0.2, 0.25) is 0 Å². The Hall–Kier alpha value is -3.10. The van der Waals surface area contributed by atoms with E-state index in [1.54, 1.807) is 0 Å². The van der Waals surface area contributed by atoms with Gasteiger partial charge in [0.15, 0.2) is 0 Å². The van der Waals surface area contributed by atoms with E-state index in [0.29, 0.717) is 52.5 Å². The summed E-state index contributed by atoms with van der Waals surface area (Å²) < 4.78 is 33.6. The Morgan fingerprint density at radius 2 is 0.702 bits per heavy atom. The van der Waals surface area contributed by atoms with E-state index in [2.05, 4.69) is 52.0 Å². The lowest BCUT2D eigenvalue weighted by atomic mass is 9.78. The monoisotopic (exact) mass is 797 g/mol. The van der Waals surface area contributed by atoms with Crippen LogP contribution >= 0.6 is 0 Å². The van der Waals surface area contributed by atoms with Crippen LogP contribution in [0.15, 0.2) is 48.5 Å². The van der Waals surface area contributed by atoms with E-state index >= 15 is 0 Å². The zero-order valence-corrected chi connectivity index (χ0v) is 36.6. The Bertz CT molecular complexity index is 1150. The molecule has 57 heavy (non-hydrogen) atoms. The van der Waals surface area contributed by atoms with Crippen molar-refractivity contribution in [1.29, 1.82) is 0 Å². The second kappa shape index (κ2) is 33.8. The summed E-state index contributed by atoms with van der Waals surface area (Å²) in [5.41, 5.74) is 2.15. The van der Waals surface area contributed by atoms with E-state index in [1.165, 1.54) is 114 Å². The van der Waals surface area contributed by atoms with E-state index in [4.69, 9.17) is 28.4 Å². The maximum Gasteiger partial charge on any atom is 0.305 e. The molecule has 0 N–H and O–H groups in total. The lowest BCUT2D eigenvalue weighted by molar-refractivity contribution is -0.146. The Morgan fingerprint density at radius 3 is 1.04 bits per heavy atom. The Balaban J connectivity index is 1.48. The van der Waals surface area contributed by atoms with Gasteiger partial charge < -0.3 is 28.4 Å². The van der Waals surface area contributed by atoms with Crippen LogP contribution in [-0.4, -0.2) is 64.8 Å². The van der Waals surface area contributed by atoms with Crippen molar-refractivity contribution in [3.05, 3.63) is 59.7 Å². The van der Waals surface area contributed by atoms with E-state index < -0.39 is 0 Å². The average molecular weight is 797 g/mol. The molecule has 0 spiro atoms. The van der Waals surface area contributed by atoms with E-state index in [1.807, 2.05) is 24.3 Å². The molecular weight excluding hydrogens is 717 g/mol. The predicted molar refractivity (Wildman–Crippen MR) is 232 cm³/mol. The van der Waals surface area contributed by atoms with Gasteiger partial charge in [-0.3, -0.25) is 9.59 Å². The molecule has 8 heteroatoms. The van der Waals surface area contributed by atoms with Crippen LogP contribution in [0.25, 0.3) is 0 Å². The third-order valence-corrected chi connectivity index (χ3v) is 10.6. The lowest BCUT2D eigenvalue weighted by Crippen LogP contribution is -2.19. The van der Waals surface area contributed by atoms with Crippen LogP contribution in [-0.2, 0) is 34.0 Å². The van der Waals surface area contributed by atoms with Crippen molar-refractivity contribution >= 4 is 11.9 Å². The highest BCUT2D eigenvalue weighted by molar-refractivity contribution is 5.69. The molecule has 0 saturated heterocycles. The molecule has 0 unspecified atom stereocenters. The van der Waals surface area contributed by atoms with Crippen molar-refractivity contribution in [2.45, 2.75) is 174 Å². The van der Waals surface area contributed by atoms with Crippen LogP contribution in [0.5, 0.6) is 11.5 Å². The normalized spacial score (nSPS) is 11.4. The van der Waals surface area contributed by atoms with Gasteiger partial charge in [0.05, 0.1) is 26.4 Å². The molecule has 0 amide bonds. The zero-order valence-electron chi connectivity index (χ0n) is 36.6. The summed E-state index contributed by atoms with van der Waals surface area (Å²) in [5.74, 6) is 1.30. The summed E-state index contributed by atoms with van der Waals surface area (Å²) in [6, 6.07) is 16.4. The van der Waals surface area contributed by atoms with Crippen molar-refractivity contribution in [2.24, 2.45) is 0 Å². The van der Waals surface area contributed by atoms with Crippen molar-refractivity contribution < 1.29 is 38.0 Å². The first-order valence-electron chi connectivity index (χ1n) is 22.8. The molecule has 8 nitrogen and oxygen atoms in total. The molecule has 0 aromatic heterocycles. The van der Waals surface area contributed by atoms with E-state index in [9.17, 15) is 9.59 Å².